The predicted octanol–water partition coefficient (Wildman–Crippen LogP) is 2.23. The predicted molar refractivity (Wildman–Crippen MR) is 127 cm³/mol. The van der Waals surface area contributed by atoms with Gasteiger partial charge in [0.25, 0.3) is 0 Å². The van der Waals surface area contributed by atoms with Crippen LogP contribution < -0.4 is 10.1 Å². The minimum atomic E-state index is -3.84. The van der Waals surface area contributed by atoms with Crippen LogP contribution in [-0.4, -0.2) is 71.8 Å². The lowest BCUT2D eigenvalue weighted by Gasteiger charge is -2.28. The van der Waals surface area contributed by atoms with Crippen LogP contribution >= 0.6 is 0 Å². The van der Waals surface area contributed by atoms with Gasteiger partial charge < -0.3 is 15.0 Å². The van der Waals surface area contributed by atoms with Gasteiger partial charge in [-0.3, -0.25) is 0 Å². The van der Waals surface area contributed by atoms with Crippen LogP contribution in [0.15, 0.2) is 53.4 Å². The Morgan fingerprint density at radius 1 is 1.06 bits per heavy atom. The van der Waals surface area contributed by atoms with E-state index in [0.29, 0.717) is 18.9 Å². The monoisotopic (exact) mass is 480 g/mol. The molecule has 3 rings (SSSR count). The molecule has 1 aliphatic heterocycles. The fourth-order valence-corrected chi connectivity index (χ4v) is 8.75. The van der Waals surface area contributed by atoms with Crippen LogP contribution in [0.5, 0.6) is 5.75 Å². The molecule has 9 heteroatoms. The topological polar surface area (TPSA) is 92.8 Å². The van der Waals surface area contributed by atoms with Gasteiger partial charge in [0, 0.05) is 18.6 Å². The first-order chi connectivity index (χ1) is 15.0. The maximum Gasteiger partial charge on any atom is 0.183 e. The van der Waals surface area contributed by atoms with E-state index in [1.54, 1.807) is 12.1 Å². The lowest BCUT2D eigenvalue weighted by atomic mass is 10.0. The van der Waals surface area contributed by atoms with E-state index in [-0.39, 0.29) is 22.4 Å². The van der Waals surface area contributed by atoms with Gasteiger partial charge in [0.05, 0.1) is 28.3 Å². The Balaban J connectivity index is 1.82. The molecular weight excluding hydrogens is 448 g/mol. The van der Waals surface area contributed by atoms with E-state index in [1.165, 1.54) is 12.1 Å². The normalized spacial score (nSPS) is 21.5. The molecule has 2 aromatic rings. The molecule has 0 saturated carbocycles. The number of aryl methyl sites for hydroxylation is 1. The van der Waals surface area contributed by atoms with Gasteiger partial charge in [-0.2, -0.15) is 0 Å². The average Bonchev–Trinajstić information content (AvgIpc) is 3.05. The van der Waals surface area contributed by atoms with Gasteiger partial charge in [-0.1, -0.05) is 29.8 Å². The minimum Gasteiger partial charge on any atom is -0.494 e. The van der Waals surface area contributed by atoms with Gasteiger partial charge in [0.15, 0.2) is 19.7 Å². The molecule has 0 aliphatic carbocycles. The van der Waals surface area contributed by atoms with Crippen molar-refractivity contribution in [1.82, 2.24) is 10.2 Å². The molecule has 1 heterocycles. The molecule has 0 aromatic heterocycles. The first-order valence-electron chi connectivity index (χ1n) is 10.7. The Bertz CT molecular complexity index is 1110. The summed E-state index contributed by atoms with van der Waals surface area (Å²) >= 11 is 0. The van der Waals surface area contributed by atoms with Crippen molar-refractivity contribution in [2.45, 2.75) is 36.1 Å². The maximum absolute atomic E-state index is 13.3. The highest BCUT2D eigenvalue weighted by atomic mass is 32.2. The van der Waals surface area contributed by atoms with Crippen LogP contribution in [0, 0.1) is 6.92 Å². The second kappa shape index (κ2) is 9.91. The zero-order chi connectivity index (χ0) is 23.5. The first-order valence-corrected chi connectivity index (χ1v) is 14.0. The summed E-state index contributed by atoms with van der Waals surface area (Å²) in [5, 5.41) is 2.23. The molecule has 176 valence electrons. The van der Waals surface area contributed by atoms with E-state index in [2.05, 4.69) is 5.32 Å². The highest BCUT2D eigenvalue weighted by Gasteiger charge is 2.45. The number of hydrogen-bond donors (Lipinski definition) is 1. The van der Waals surface area contributed by atoms with Gasteiger partial charge in [-0.05, 0) is 57.8 Å². The van der Waals surface area contributed by atoms with Gasteiger partial charge in [-0.25, -0.2) is 16.8 Å². The molecule has 0 radical (unpaired) electrons. The fraction of sp³-hybridized carbons (Fsp3) is 0.478. The van der Waals surface area contributed by atoms with E-state index >= 15 is 0 Å². The van der Waals surface area contributed by atoms with Crippen LogP contribution in [0.3, 0.4) is 0 Å². The summed E-state index contributed by atoms with van der Waals surface area (Å²) in [6.45, 7) is 4.78. The van der Waals surface area contributed by atoms with Crippen molar-refractivity contribution in [2.75, 3.05) is 38.8 Å². The summed E-state index contributed by atoms with van der Waals surface area (Å²) < 4.78 is 56.9. The second-order valence-electron chi connectivity index (χ2n) is 8.47. The van der Waals surface area contributed by atoms with Gasteiger partial charge >= 0.3 is 0 Å². The third-order valence-electron chi connectivity index (χ3n) is 5.82. The van der Waals surface area contributed by atoms with E-state index in [1.807, 2.05) is 57.1 Å². The quantitative estimate of drug-likeness (QED) is 0.588. The number of hydrogen-bond acceptors (Lipinski definition) is 7. The van der Waals surface area contributed by atoms with E-state index in [4.69, 9.17) is 4.74 Å². The fourth-order valence-electron chi connectivity index (χ4n) is 4.03. The Morgan fingerprint density at radius 2 is 1.69 bits per heavy atom. The maximum atomic E-state index is 13.3. The Hall–Kier alpha value is -1.94. The summed E-state index contributed by atoms with van der Waals surface area (Å²) in [4.78, 5) is 2.15. The van der Waals surface area contributed by atoms with Crippen molar-refractivity contribution in [3.63, 3.8) is 0 Å². The molecule has 1 unspecified atom stereocenters. The van der Waals surface area contributed by atoms with E-state index in [9.17, 15) is 16.8 Å². The second-order valence-corrected chi connectivity index (χ2v) is 12.8. The summed E-state index contributed by atoms with van der Waals surface area (Å²) in [6, 6.07) is 13.6. The lowest BCUT2D eigenvalue weighted by molar-refractivity contribution is 0.282. The Labute approximate surface area is 191 Å². The molecule has 0 amide bonds. The van der Waals surface area contributed by atoms with Crippen molar-refractivity contribution >= 4 is 19.7 Å². The van der Waals surface area contributed by atoms with Crippen LogP contribution in [0.25, 0.3) is 0 Å². The molecule has 3 atom stereocenters. The molecule has 1 aliphatic rings. The van der Waals surface area contributed by atoms with Gasteiger partial charge in [0.1, 0.15) is 5.75 Å². The molecular formula is C23H32N2O5S2. The summed E-state index contributed by atoms with van der Waals surface area (Å²) in [5.41, 5.74) is 2.24. The molecule has 32 heavy (non-hydrogen) atoms. The van der Waals surface area contributed by atoms with Crippen molar-refractivity contribution in [3.8, 4) is 5.75 Å². The highest BCUT2D eigenvalue weighted by molar-refractivity contribution is 7.96. The molecule has 7 nitrogen and oxygen atoms in total. The number of ether oxygens (including phenoxy) is 1. The smallest absolute Gasteiger partial charge is 0.183 e. The Kier molecular flexibility index (Phi) is 7.65. The van der Waals surface area contributed by atoms with Crippen LogP contribution in [0.2, 0.25) is 0 Å². The average molecular weight is 481 g/mol. The molecule has 1 N–H and O–H groups in total. The zero-order valence-electron chi connectivity index (χ0n) is 19.0. The number of likely N-dealkylation sites (N-methyl/N-ethyl adjacent to an activating group) is 1. The number of sulfone groups is 2. The van der Waals surface area contributed by atoms with E-state index < -0.39 is 31.0 Å². The molecule has 1 saturated heterocycles. The van der Waals surface area contributed by atoms with E-state index in [0.717, 1.165) is 11.1 Å². The largest absolute Gasteiger partial charge is 0.494 e. The van der Waals surface area contributed by atoms with Gasteiger partial charge in [0.2, 0.25) is 0 Å². The van der Waals surface area contributed by atoms with Crippen molar-refractivity contribution in [3.05, 3.63) is 59.7 Å². The van der Waals surface area contributed by atoms with Crippen molar-refractivity contribution < 1.29 is 21.6 Å². The minimum absolute atomic E-state index is 0.0206. The standard InChI is InChI=1S/C23H32N2O5S2/c1-5-30-19-10-12-20(13-11-19)32(28,29)23-16-31(26,27)15-21(23)24-14-22(25(3)4)18-8-6-17(2)7-9-18/h6-13,21-24H,5,14-16H2,1-4H3/t21-,22?,23-/m0/s1. The Morgan fingerprint density at radius 3 is 2.25 bits per heavy atom. The lowest BCUT2D eigenvalue weighted by Crippen LogP contribution is -2.46. The van der Waals surface area contributed by atoms with Crippen LogP contribution in [-0.2, 0) is 19.7 Å². The van der Waals surface area contributed by atoms with Crippen molar-refractivity contribution in [2.24, 2.45) is 0 Å². The van der Waals surface area contributed by atoms with Crippen LogP contribution in [0.4, 0.5) is 0 Å². The third-order valence-corrected chi connectivity index (χ3v) is 9.99. The first kappa shape index (κ1) is 24.7. The SMILES string of the molecule is CCOc1ccc(S(=O)(=O)[C@H]2CS(=O)(=O)C[C@@H]2NCC(c2ccc(C)cc2)N(C)C)cc1. The summed E-state index contributed by atoms with van der Waals surface area (Å²) in [6.07, 6.45) is 0. The number of nitrogens with one attached hydrogen (secondary N) is 1. The molecule has 0 bridgehead atoms. The highest BCUT2D eigenvalue weighted by Crippen LogP contribution is 2.28. The third kappa shape index (κ3) is 5.70. The number of benzene rings is 2. The van der Waals surface area contributed by atoms with Crippen molar-refractivity contribution in [1.29, 1.82) is 0 Å². The summed E-state index contributed by atoms with van der Waals surface area (Å²) in [7, 11) is -3.41. The molecule has 2 aromatic carbocycles. The molecule has 0 spiro atoms. The zero-order valence-corrected chi connectivity index (χ0v) is 20.6. The number of rotatable bonds is 9. The summed E-state index contributed by atoms with van der Waals surface area (Å²) in [5.74, 6) is 0.00592. The number of nitrogens with zero attached hydrogens (tertiary/aromatic N) is 1. The van der Waals surface area contributed by atoms with Gasteiger partial charge in [-0.15, -0.1) is 0 Å². The van der Waals surface area contributed by atoms with Crippen LogP contribution in [0.1, 0.15) is 24.1 Å². The molecule has 1 fully saturated rings.